The normalized spacial score (nSPS) is 15.0. The van der Waals surface area contributed by atoms with Crippen molar-refractivity contribution in [3.8, 4) is 0 Å². The summed E-state index contributed by atoms with van der Waals surface area (Å²) >= 11 is 5.92. The number of carbonyl (C=O) groups excluding carboxylic acids is 1. The number of hydrogen-bond donors (Lipinski definition) is 1. The lowest BCUT2D eigenvalue weighted by atomic mass is 9.94. The number of rotatable bonds is 4. The molecule has 1 aliphatic rings. The van der Waals surface area contributed by atoms with E-state index in [1.54, 1.807) is 12.1 Å². The quantitative estimate of drug-likeness (QED) is 0.758. The summed E-state index contributed by atoms with van der Waals surface area (Å²) in [6.45, 7) is 0.644. The van der Waals surface area contributed by atoms with Crippen LogP contribution in [0.1, 0.15) is 37.7 Å². The fourth-order valence-electron chi connectivity index (χ4n) is 3.27. The molecule has 1 fully saturated rings. The first-order chi connectivity index (χ1) is 11.7. The van der Waals surface area contributed by atoms with Gasteiger partial charge >= 0.3 is 6.03 Å². The average molecular weight is 343 g/mol. The van der Waals surface area contributed by atoms with Gasteiger partial charge in [0.2, 0.25) is 0 Å². The SMILES string of the molecule is O=C(Nc1ccc(Cl)cc1)N(Cc1ccccc1)C1CCCCC1. The molecule has 24 heavy (non-hydrogen) atoms. The number of benzene rings is 2. The van der Waals surface area contributed by atoms with Crippen LogP contribution < -0.4 is 5.32 Å². The zero-order chi connectivity index (χ0) is 16.8. The van der Waals surface area contributed by atoms with Crippen molar-refractivity contribution in [2.24, 2.45) is 0 Å². The Morgan fingerprint density at radius 2 is 1.67 bits per heavy atom. The third kappa shape index (κ3) is 4.51. The number of halogens is 1. The highest BCUT2D eigenvalue weighted by atomic mass is 35.5. The van der Waals surface area contributed by atoms with Crippen molar-refractivity contribution in [2.75, 3.05) is 5.32 Å². The number of hydrogen-bond acceptors (Lipinski definition) is 1. The Hall–Kier alpha value is -2.00. The van der Waals surface area contributed by atoms with Crippen LogP contribution in [0.3, 0.4) is 0 Å². The van der Waals surface area contributed by atoms with Crippen LogP contribution in [0.4, 0.5) is 10.5 Å². The van der Waals surface area contributed by atoms with Crippen LogP contribution in [0.15, 0.2) is 54.6 Å². The molecule has 0 unspecified atom stereocenters. The van der Waals surface area contributed by atoms with Crippen LogP contribution in [0.5, 0.6) is 0 Å². The minimum atomic E-state index is -0.0342. The molecule has 3 nitrogen and oxygen atoms in total. The van der Waals surface area contributed by atoms with Gasteiger partial charge in [0.15, 0.2) is 0 Å². The molecule has 0 atom stereocenters. The van der Waals surface area contributed by atoms with Gasteiger partial charge in [-0.1, -0.05) is 61.2 Å². The van der Waals surface area contributed by atoms with Crippen LogP contribution >= 0.6 is 11.6 Å². The molecule has 1 saturated carbocycles. The van der Waals surface area contributed by atoms with Gasteiger partial charge in [-0.25, -0.2) is 4.79 Å². The first-order valence-electron chi connectivity index (χ1n) is 8.59. The molecule has 2 aromatic rings. The second-order valence-electron chi connectivity index (χ2n) is 6.34. The Kier molecular flexibility index (Phi) is 5.76. The smallest absolute Gasteiger partial charge is 0.317 e. The van der Waals surface area contributed by atoms with Crippen LogP contribution in [0.2, 0.25) is 5.02 Å². The van der Waals surface area contributed by atoms with Crippen LogP contribution in [0.25, 0.3) is 0 Å². The predicted octanol–water partition coefficient (Wildman–Crippen LogP) is 5.71. The molecule has 0 heterocycles. The van der Waals surface area contributed by atoms with Crippen molar-refractivity contribution in [3.05, 3.63) is 65.2 Å². The molecule has 0 bridgehead atoms. The van der Waals surface area contributed by atoms with E-state index in [9.17, 15) is 4.79 Å². The fourth-order valence-corrected chi connectivity index (χ4v) is 3.39. The third-order valence-corrected chi connectivity index (χ3v) is 4.82. The van der Waals surface area contributed by atoms with E-state index in [2.05, 4.69) is 17.4 Å². The molecule has 126 valence electrons. The number of nitrogens with zero attached hydrogens (tertiary/aromatic N) is 1. The van der Waals surface area contributed by atoms with Gasteiger partial charge in [0.05, 0.1) is 0 Å². The van der Waals surface area contributed by atoms with Gasteiger partial charge in [-0.05, 0) is 42.7 Å². The minimum Gasteiger partial charge on any atom is -0.317 e. The van der Waals surface area contributed by atoms with E-state index in [1.807, 2.05) is 35.2 Å². The van der Waals surface area contributed by atoms with Gasteiger partial charge in [0, 0.05) is 23.3 Å². The van der Waals surface area contributed by atoms with E-state index < -0.39 is 0 Å². The molecule has 2 amide bonds. The van der Waals surface area contributed by atoms with Gasteiger partial charge in [0.1, 0.15) is 0 Å². The average Bonchev–Trinajstić information content (AvgIpc) is 2.63. The first kappa shape index (κ1) is 16.8. The molecule has 0 spiro atoms. The third-order valence-electron chi connectivity index (χ3n) is 4.57. The van der Waals surface area contributed by atoms with Crippen molar-refractivity contribution >= 4 is 23.3 Å². The van der Waals surface area contributed by atoms with Crippen molar-refractivity contribution in [1.29, 1.82) is 0 Å². The fraction of sp³-hybridized carbons (Fsp3) is 0.350. The van der Waals surface area contributed by atoms with Crippen LogP contribution in [0, 0.1) is 0 Å². The van der Waals surface area contributed by atoms with Crippen molar-refractivity contribution in [1.82, 2.24) is 4.90 Å². The maximum atomic E-state index is 12.9. The van der Waals surface area contributed by atoms with E-state index in [1.165, 1.54) is 19.3 Å². The number of anilines is 1. The molecule has 3 rings (SSSR count). The molecule has 0 radical (unpaired) electrons. The van der Waals surface area contributed by atoms with Gasteiger partial charge in [-0.15, -0.1) is 0 Å². The van der Waals surface area contributed by atoms with Crippen LogP contribution in [-0.4, -0.2) is 17.0 Å². The Labute approximate surface area is 148 Å². The summed E-state index contributed by atoms with van der Waals surface area (Å²) in [5, 5.41) is 3.68. The molecule has 0 aromatic heterocycles. The monoisotopic (exact) mass is 342 g/mol. The van der Waals surface area contributed by atoms with Gasteiger partial charge < -0.3 is 10.2 Å². The Balaban J connectivity index is 1.74. The number of carbonyl (C=O) groups is 1. The van der Waals surface area contributed by atoms with Gasteiger partial charge in [0.25, 0.3) is 0 Å². The standard InChI is InChI=1S/C20H23ClN2O/c21-17-11-13-18(14-12-17)22-20(24)23(19-9-5-2-6-10-19)15-16-7-3-1-4-8-16/h1,3-4,7-8,11-14,19H,2,5-6,9-10,15H2,(H,22,24). The number of amides is 2. The van der Waals surface area contributed by atoms with Crippen molar-refractivity contribution < 1.29 is 4.79 Å². The molecule has 4 heteroatoms. The molecular weight excluding hydrogens is 320 g/mol. The minimum absolute atomic E-state index is 0.0342. The Bertz CT molecular complexity index is 651. The summed E-state index contributed by atoms with van der Waals surface area (Å²) < 4.78 is 0. The van der Waals surface area contributed by atoms with Crippen molar-refractivity contribution in [3.63, 3.8) is 0 Å². The van der Waals surface area contributed by atoms with E-state index >= 15 is 0 Å². The van der Waals surface area contributed by atoms with Crippen LogP contribution in [-0.2, 0) is 6.54 Å². The predicted molar refractivity (Wildman–Crippen MR) is 99.3 cm³/mol. The van der Waals surface area contributed by atoms with E-state index in [4.69, 9.17) is 11.6 Å². The summed E-state index contributed by atoms with van der Waals surface area (Å²) in [6.07, 6.45) is 5.84. The second kappa shape index (κ2) is 8.20. The zero-order valence-corrected chi connectivity index (χ0v) is 14.5. The zero-order valence-electron chi connectivity index (χ0n) is 13.7. The maximum absolute atomic E-state index is 12.9. The lowest BCUT2D eigenvalue weighted by Crippen LogP contribution is -2.43. The Morgan fingerprint density at radius 3 is 2.33 bits per heavy atom. The topological polar surface area (TPSA) is 32.3 Å². The molecule has 2 aromatic carbocycles. The van der Waals surface area contributed by atoms with Crippen molar-refractivity contribution in [2.45, 2.75) is 44.7 Å². The lowest BCUT2D eigenvalue weighted by molar-refractivity contribution is 0.163. The van der Waals surface area contributed by atoms with E-state index in [0.29, 0.717) is 17.6 Å². The summed E-state index contributed by atoms with van der Waals surface area (Å²) in [5.74, 6) is 0. The van der Waals surface area contributed by atoms with E-state index in [-0.39, 0.29) is 6.03 Å². The first-order valence-corrected chi connectivity index (χ1v) is 8.97. The summed E-state index contributed by atoms with van der Waals surface area (Å²) in [7, 11) is 0. The highest BCUT2D eigenvalue weighted by Crippen LogP contribution is 2.25. The molecule has 0 saturated heterocycles. The summed E-state index contributed by atoms with van der Waals surface area (Å²) in [5.41, 5.74) is 1.94. The molecule has 1 aliphatic carbocycles. The lowest BCUT2D eigenvalue weighted by Gasteiger charge is -2.34. The van der Waals surface area contributed by atoms with Gasteiger partial charge in [-0.3, -0.25) is 0 Å². The number of nitrogens with one attached hydrogen (secondary N) is 1. The summed E-state index contributed by atoms with van der Waals surface area (Å²) in [4.78, 5) is 14.9. The molecular formula is C20H23ClN2O. The maximum Gasteiger partial charge on any atom is 0.322 e. The van der Waals surface area contributed by atoms with Gasteiger partial charge in [-0.2, -0.15) is 0 Å². The largest absolute Gasteiger partial charge is 0.322 e. The molecule has 0 aliphatic heterocycles. The highest BCUT2D eigenvalue weighted by molar-refractivity contribution is 6.30. The Morgan fingerprint density at radius 1 is 1.00 bits per heavy atom. The highest BCUT2D eigenvalue weighted by Gasteiger charge is 2.25. The van der Waals surface area contributed by atoms with E-state index in [0.717, 1.165) is 24.1 Å². The second-order valence-corrected chi connectivity index (χ2v) is 6.78. The number of urea groups is 1. The molecule has 1 N–H and O–H groups in total. The summed E-state index contributed by atoms with van der Waals surface area (Å²) in [6, 6.07) is 17.7.